The van der Waals surface area contributed by atoms with Gasteiger partial charge in [-0.25, -0.2) is 9.97 Å². The first-order valence-electron chi connectivity index (χ1n) is 12.3. The molecule has 1 aliphatic carbocycles. The van der Waals surface area contributed by atoms with Crippen molar-refractivity contribution in [3.05, 3.63) is 41.6 Å². The molecule has 7 nitrogen and oxygen atoms in total. The van der Waals surface area contributed by atoms with Crippen LogP contribution in [0.1, 0.15) is 42.1 Å². The molecular weight excluding hydrogens is 551 g/mol. The number of benzene rings is 1. The molecule has 2 aliphatic rings. The van der Waals surface area contributed by atoms with Crippen molar-refractivity contribution in [2.75, 3.05) is 45.1 Å². The Morgan fingerprint density at radius 2 is 1.97 bits per heavy atom. The van der Waals surface area contributed by atoms with Gasteiger partial charge >= 0.3 is 0 Å². The van der Waals surface area contributed by atoms with Gasteiger partial charge in [-0.1, -0.05) is 6.07 Å². The molecule has 37 heavy (non-hydrogen) atoms. The Kier molecular flexibility index (Phi) is 11.9. The van der Waals surface area contributed by atoms with Crippen LogP contribution in [0.15, 0.2) is 30.5 Å². The van der Waals surface area contributed by atoms with E-state index in [1.165, 1.54) is 0 Å². The number of aromatic nitrogens is 2. The first-order chi connectivity index (χ1) is 16.5. The zero-order chi connectivity index (χ0) is 23.7. The largest absolute Gasteiger partial charge is 0.354 e. The summed E-state index contributed by atoms with van der Waals surface area (Å²) in [6.07, 6.45) is 5.12. The Morgan fingerprint density at radius 1 is 1.19 bits per heavy atom. The van der Waals surface area contributed by atoms with Gasteiger partial charge in [-0.05, 0) is 70.5 Å². The Morgan fingerprint density at radius 3 is 2.70 bits per heavy atom. The first kappa shape index (κ1) is 31.5. The van der Waals surface area contributed by atoms with E-state index in [4.69, 9.17) is 4.98 Å². The number of carbonyl (C=O) groups excluding carboxylic acids is 1. The number of hydrogen-bond acceptors (Lipinski definition) is 7. The fourth-order valence-electron chi connectivity index (χ4n) is 4.47. The van der Waals surface area contributed by atoms with Gasteiger partial charge in [0.1, 0.15) is 0 Å². The lowest BCUT2D eigenvalue weighted by Crippen LogP contribution is -2.50. The molecule has 0 radical (unpaired) electrons. The molecule has 1 saturated heterocycles. The van der Waals surface area contributed by atoms with Gasteiger partial charge in [-0.15, -0.1) is 48.6 Å². The zero-order valence-electron chi connectivity index (χ0n) is 21.5. The van der Waals surface area contributed by atoms with Crippen LogP contribution in [0, 0.1) is 6.92 Å². The van der Waals surface area contributed by atoms with E-state index in [-0.39, 0.29) is 43.1 Å². The number of nitrogens with one attached hydrogen (secondary N) is 2. The summed E-state index contributed by atoms with van der Waals surface area (Å²) in [5.41, 5.74) is 2.71. The molecule has 1 amide bonds. The SMILES string of the molecule is Cc1cnc(NCCCN2CCN(C)[C@@H](C)C2)nc1-c1cc2c(C(=O)NC3CC3)cccc2s1.Cl.Cl.Cl. The summed E-state index contributed by atoms with van der Waals surface area (Å²) in [6, 6.07) is 9.02. The third kappa shape index (κ3) is 7.68. The molecule has 0 spiro atoms. The lowest BCUT2D eigenvalue weighted by atomic mass is 10.1. The van der Waals surface area contributed by atoms with Crippen molar-refractivity contribution in [3.8, 4) is 10.6 Å². The number of thiophene rings is 1. The summed E-state index contributed by atoms with van der Waals surface area (Å²) in [7, 11) is 2.20. The minimum atomic E-state index is 0. The second kappa shape index (κ2) is 13.9. The van der Waals surface area contributed by atoms with E-state index in [9.17, 15) is 4.79 Å². The lowest BCUT2D eigenvalue weighted by molar-refractivity contribution is 0.0952. The minimum absolute atomic E-state index is 0. The monoisotopic (exact) mass is 586 g/mol. The van der Waals surface area contributed by atoms with Gasteiger partial charge in [0.2, 0.25) is 5.95 Å². The number of likely N-dealkylation sites (N-methyl/N-ethyl adjacent to an activating group) is 1. The number of aryl methyl sites for hydroxylation is 1. The van der Waals surface area contributed by atoms with Crippen LogP contribution in [0.3, 0.4) is 0 Å². The summed E-state index contributed by atoms with van der Waals surface area (Å²) >= 11 is 1.68. The molecule has 1 saturated carbocycles. The summed E-state index contributed by atoms with van der Waals surface area (Å²) in [5, 5.41) is 7.52. The molecule has 2 fully saturated rings. The minimum Gasteiger partial charge on any atom is -0.354 e. The van der Waals surface area contributed by atoms with Crippen molar-refractivity contribution in [3.63, 3.8) is 0 Å². The third-order valence-electron chi connectivity index (χ3n) is 6.90. The van der Waals surface area contributed by atoms with Crippen LogP contribution >= 0.6 is 48.6 Å². The summed E-state index contributed by atoms with van der Waals surface area (Å²) in [6.45, 7) is 9.68. The highest BCUT2D eigenvalue weighted by atomic mass is 35.5. The van der Waals surface area contributed by atoms with Gasteiger partial charge in [0.05, 0.1) is 10.6 Å². The number of rotatable bonds is 8. The number of piperazine rings is 1. The maximum atomic E-state index is 12.7. The quantitative estimate of drug-likeness (QED) is 0.350. The molecule has 0 bridgehead atoms. The summed E-state index contributed by atoms with van der Waals surface area (Å²) in [5.74, 6) is 0.686. The maximum absolute atomic E-state index is 12.7. The maximum Gasteiger partial charge on any atom is 0.252 e. The summed E-state index contributed by atoms with van der Waals surface area (Å²) in [4.78, 5) is 28.1. The van der Waals surface area contributed by atoms with E-state index < -0.39 is 0 Å². The number of amides is 1. The Bertz CT molecular complexity index is 1190. The molecule has 11 heteroatoms. The second-order valence-corrected chi connectivity index (χ2v) is 10.8. The average Bonchev–Trinajstić information content (AvgIpc) is 3.53. The molecule has 3 heterocycles. The molecule has 2 aromatic heterocycles. The zero-order valence-corrected chi connectivity index (χ0v) is 24.8. The van der Waals surface area contributed by atoms with Gasteiger partial charge < -0.3 is 20.4 Å². The summed E-state index contributed by atoms with van der Waals surface area (Å²) < 4.78 is 1.10. The molecular formula is C26H37Cl3N6OS. The molecule has 0 unspecified atom stereocenters. The van der Waals surface area contributed by atoms with Crippen LogP contribution in [-0.2, 0) is 0 Å². The standard InChI is InChI=1S/C26H34N6OS.3ClH/c1-17-15-28-26(27-10-5-11-32-13-12-31(3)18(2)16-32)30-24(17)23-14-21-20(6-4-7-22(21)34-23)25(33)29-19-8-9-19;;;/h4,6-7,14-15,18-19H,5,8-13,16H2,1-3H3,(H,29,33)(H,27,28,30);3*1H/t18-;;;/m0.../s1. The molecule has 5 rings (SSSR count). The van der Waals surface area contributed by atoms with Crippen LogP contribution in [0.25, 0.3) is 20.7 Å². The highest BCUT2D eigenvalue weighted by Gasteiger charge is 2.25. The smallest absolute Gasteiger partial charge is 0.252 e. The molecule has 3 aromatic rings. The van der Waals surface area contributed by atoms with Crippen molar-refractivity contribution in [2.45, 2.75) is 45.2 Å². The number of carbonyl (C=O) groups is 1. The van der Waals surface area contributed by atoms with Gasteiger partial charge in [0.15, 0.2) is 0 Å². The van der Waals surface area contributed by atoms with E-state index in [0.717, 1.165) is 83.8 Å². The van der Waals surface area contributed by atoms with E-state index in [1.54, 1.807) is 11.3 Å². The van der Waals surface area contributed by atoms with Gasteiger partial charge in [0.25, 0.3) is 5.91 Å². The number of halogens is 3. The average molecular weight is 588 g/mol. The van der Waals surface area contributed by atoms with Crippen LogP contribution in [0.4, 0.5) is 5.95 Å². The second-order valence-electron chi connectivity index (χ2n) is 9.71. The van der Waals surface area contributed by atoms with Crippen LogP contribution < -0.4 is 10.6 Å². The van der Waals surface area contributed by atoms with Crippen molar-refractivity contribution >= 4 is 70.5 Å². The molecule has 204 valence electrons. The normalized spacial score (nSPS) is 17.9. The molecule has 1 aromatic carbocycles. The van der Waals surface area contributed by atoms with Gasteiger partial charge in [-0.2, -0.15) is 0 Å². The predicted molar refractivity (Wildman–Crippen MR) is 161 cm³/mol. The van der Waals surface area contributed by atoms with E-state index >= 15 is 0 Å². The molecule has 1 atom stereocenters. The van der Waals surface area contributed by atoms with Crippen molar-refractivity contribution in [2.24, 2.45) is 0 Å². The molecule has 1 aliphatic heterocycles. The van der Waals surface area contributed by atoms with E-state index in [1.807, 2.05) is 25.3 Å². The van der Waals surface area contributed by atoms with Gasteiger partial charge in [0, 0.05) is 60.1 Å². The van der Waals surface area contributed by atoms with E-state index in [2.05, 4.69) is 51.5 Å². The topological polar surface area (TPSA) is 73.4 Å². The number of nitrogens with zero attached hydrogens (tertiary/aromatic N) is 4. The van der Waals surface area contributed by atoms with Crippen molar-refractivity contribution in [1.29, 1.82) is 0 Å². The number of anilines is 1. The molecule has 2 N–H and O–H groups in total. The Labute approximate surface area is 242 Å². The van der Waals surface area contributed by atoms with Crippen molar-refractivity contribution in [1.82, 2.24) is 25.1 Å². The van der Waals surface area contributed by atoms with E-state index in [0.29, 0.717) is 18.0 Å². The van der Waals surface area contributed by atoms with Crippen LogP contribution in [0.2, 0.25) is 0 Å². The fourth-order valence-corrected chi connectivity index (χ4v) is 5.62. The predicted octanol–water partition coefficient (Wildman–Crippen LogP) is 5.26. The highest BCUT2D eigenvalue weighted by Crippen LogP contribution is 2.36. The Hall–Kier alpha value is -1.68. The lowest BCUT2D eigenvalue weighted by Gasteiger charge is -2.37. The van der Waals surface area contributed by atoms with Gasteiger partial charge in [-0.3, -0.25) is 4.79 Å². The Balaban J connectivity index is 0.00000160. The highest BCUT2D eigenvalue weighted by molar-refractivity contribution is 7.22. The van der Waals surface area contributed by atoms with Crippen LogP contribution in [-0.4, -0.2) is 77.5 Å². The number of hydrogen-bond donors (Lipinski definition) is 2. The number of fused-ring (bicyclic) bond motifs is 1. The third-order valence-corrected chi connectivity index (χ3v) is 8.01. The first-order valence-corrected chi connectivity index (χ1v) is 13.1. The fraction of sp³-hybridized carbons (Fsp3) is 0.500. The van der Waals surface area contributed by atoms with Crippen LogP contribution in [0.5, 0.6) is 0 Å². The van der Waals surface area contributed by atoms with Crippen molar-refractivity contribution < 1.29 is 4.79 Å².